The van der Waals surface area contributed by atoms with E-state index in [1.807, 2.05) is 6.92 Å². The molecular formula is C18H24N2O. The first-order chi connectivity index (χ1) is 10.2. The van der Waals surface area contributed by atoms with Gasteiger partial charge in [0, 0.05) is 19.1 Å². The van der Waals surface area contributed by atoms with Gasteiger partial charge in [0.2, 0.25) is 0 Å². The minimum Gasteiger partial charge on any atom is -0.465 e. The van der Waals surface area contributed by atoms with Crippen molar-refractivity contribution in [1.82, 2.24) is 10.2 Å². The van der Waals surface area contributed by atoms with Gasteiger partial charge in [-0.2, -0.15) is 0 Å². The Labute approximate surface area is 127 Å². The van der Waals surface area contributed by atoms with Crippen molar-refractivity contribution >= 4 is 0 Å². The van der Waals surface area contributed by atoms with Gasteiger partial charge in [0.25, 0.3) is 0 Å². The molecule has 2 heterocycles. The fourth-order valence-corrected chi connectivity index (χ4v) is 3.07. The second-order valence-electron chi connectivity index (χ2n) is 5.89. The zero-order valence-electron chi connectivity index (χ0n) is 12.9. The Morgan fingerprint density at radius 3 is 2.71 bits per heavy atom. The lowest BCUT2D eigenvalue weighted by atomic mass is 10.1. The van der Waals surface area contributed by atoms with Crippen molar-refractivity contribution < 1.29 is 4.42 Å². The van der Waals surface area contributed by atoms with Crippen molar-refractivity contribution in [3.8, 4) is 0 Å². The summed E-state index contributed by atoms with van der Waals surface area (Å²) in [5, 5.41) is 3.67. The summed E-state index contributed by atoms with van der Waals surface area (Å²) in [5.41, 5.74) is 1.37. The molecule has 1 aliphatic rings. The zero-order chi connectivity index (χ0) is 14.7. The molecule has 0 spiro atoms. The fourth-order valence-electron chi connectivity index (χ4n) is 3.07. The Balaban J connectivity index is 1.76. The third-order valence-corrected chi connectivity index (χ3v) is 4.35. The first-order valence-electron chi connectivity index (χ1n) is 7.83. The number of hydrogen-bond donors (Lipinski definition) is 1. The van der Waals surface area contributed by atoms with Crippen LogP contribution in [-0.2, 0) is 0 Å². The predicted octanol–water partition coefficient (Wildman–Crippen LogP) is 3.69. The lowest BCUT2D eigenvalue weighted by Crippen LogP contribution is -2.33. The van der Waals surface area contributed by atoms with E-state index >= 15 is 0 Å². The maximum Gasteiger partial charge on any atom is 0.121 e. The van der Waals surface area contributed by atoms with Crippen molar-refractivity contribution in [3.05, 3.63) is 59.5 Å². The van der Waals surface area contributed by atoms with E-state index in [9.17, 15) is 0 Å². The average molecular weight is 284 g/mol. The Morgan fingerprint density at radius 1 is 1.19 bits per heavy atom. The van der Waals surface area contributed by atoms with Crippen LogP contribution < -0.4 is 5.32 Å². The summed E-state index contributed by atoms with van der Waals surface area (Å²) in [7, 11) is 0. The maximum atomic E-state index is 5.82. The highest BCUT2D eigenvalue weighted by atomic mass is 16.3. The highest BCUT2D eigenvalue weighted by Crippen LogP contribution is 2.26. The quantitative estimate of drug-likeness (QED) is 0.932. The van der Waals surface area contributed by atoms with Gasteiger partial charge in [0.05, 0.1) is 6.04 Å². The van der Waals surface area contributed by atoms with E-state index in [0.717, 1.165) is 31.2 Å². The molecule has 0 bridgehead atoms. The normalized spacial score (nSPS) is 21.9. The molecule has 2 aromatic rings. The van der Waals surface area contributed by atoms with Gasteiger partial charge in [0.15, 0.2) is 0 Å². The van der Waals surface area contributed by atoms with Gasteiger partial charge in [-0.1, -0.05) is 30.3 Å². The van der Waals surface area contributed by atoms with Crippen molar-refractivity contribution in [1.29, 1.82) is 0 Å². The monoisotopic (exact) mass is 284 g/mol. The van der Waals surface area contributed by atoms with Crippen LogP contribution >= 0.6 is 0 Å². The summed E-state index contributed by atoms with van der Waals surface area (Å²) in [6.07, 6.45) is 1.17. The number of furan rings is 1. The number of benzene rings is 1. The SMILES string of the molecule is Cc1ccc(C(C)N2CCCNC(c3ccccc3)C2)o1. The molecule has 3 heteroatoms. The van der Waals surface area contributed by atoms with Gasteiger partial charge in [-0.15, -0.1) is 0 Å². The molecule has 0 radical (unpaired) electrons. The minimum atomic E-state index is 0.324. The molecule has 1 aromatic carbocycles. The summed E-state index contributed by atoms with van der Waals surface area (Å²) in [6.45, 7) is 7.45. The van der Waals surface area contributed by atoms with E-state index in [1.54, 1.807) is 0 Å². The molecular weight excluding hydrogens is 260 g/mol. The van der Waals surface area contributed by atoms with Crippen molar-refractivity contribution in [2.24, 2.45) is 0 Å². The van der Waals surface area contributed by atoms with Gasteiger partial charge < -0.3 is 9.73 Å². The van der Waals surface area contributed by atoms with Crippen LogP contribution in [0.4, 0.5) is 0 Å². The second-order valence-corrected chi connectivity index (χ2v) is 5.89. The average Bonchev–Trinajstić information content (AvgIpc) is 2.81. The lowest BCUT2D eigenvalue weighted by Gasteiger charge is -2.29. The smallest absolute Gasteiger partial charge is 0.121 e. The summed E-state index contributed by atoms with van der Waals surface area (Å²) in [5.74, 6) is 2.06. The maximum absolute atomic E-state index is 5.82. The lowest BCUT2D eigenvalue weighted by molar-refractivity contribution is 0.184. The Kier molecular flexibility index (Phi) is 4.42. The zero-order valence-corrected chi connectivity index (χ0v) is 12.9. The summed E-state index contributed by atoms with van der Waals surface area (Å²) in [4.78, 5) is 2.52. The van der Waals surface area contributed by atoms with Gasteiger partial charge in [-0.3, -0.25) is 4.90 Å². The van der Waals surface area contributed by atoms with E-state index in [2.05, 4.69) is 59.6 Å². The molecule has 1 N–H and O–H groups in total. The molecule has 3 rings (SSSR count). The van der Waals surface area contributed by atoms with Gasteiger partial charge in [0.1, 0.15) is 11.5 Å². The van der Waals surface area contributed by atoms with Gasteiger partial charge in [-0.05, 0) is 44.5 Å². The van der Waals surface area contributed by atoms with E-state index in [-0.39, 0.29) is 0 Å². The highest BCUT2D eigenvalue weighted by Gasteiger charge is 2.24. The topological polar surface area (TPSA) is 28.4 Å². The third-order valence-electron chi connectivity index (χ3n) is 4.35. The Morgan fingerprint density at radius 2 is 2.00 bits per heavy atom. The second kappa shape index (κ2) is 6.46. The molecule has 2 atom stereocenters. The number of nitrogens with zero attached hydrogens (tertiary/aromatic N) is 1. The van der Waals surface area contributed by atoms with Crippen LogP contribution in [0.5, 0.6) is 0 Å². The molecule has 0 amide bonds. The van der Waals surface area contributed by atoms with Crippen LogP contribution in [0.2, 0.25) is 0 Å². The summed E-state index contributed by atoms with van der Waals surface area (Å²) in [6, 6.07) is 15.6. The summed E-state index contributed by atoms with van der Waals surface area (Å²) >= 11 is 0. The van der Waals surface area contributed by atoms with E-state index < -0.39 is 0 Å². The summed E-state index contributed by atoms with van der Waals surface area (Å²) < 4.78 is 5.82. The number of aryl methyl sites for hydroxylation is 1. The van der Waals surface area contributed by atoms with Crippen LogP contribution in [0.15, 0.2) is 46.9 Å². The predicted molar refractivity (Wildman–Crippen MR) is 85.2 cm³/mol. The van der Waals surface area contributed by atoms with Crippen LogP contribution in [0.25, 0.3) is 0 Å². The molecule has 1 fully saturated rings. The molecule has 112 valence electrons. The van der Waals surface area contributed by atoms with Crippen molar-refractivity contribution in [2.75, 3.05) is 19.6 Å². The molecule has 0 saturated carbocycles. The first kappa shape index (κ1) is 14.4. The molecule has 0 aliphatic carbocycles. The highest BCUT2D eigenvalue weighted by molar-refractivity contribution is 5.20. The van der Waals surface area contributed by atoms with Crippen LogP contribution in [0.1, 0.15) is 42.5 Å². The van der Waals surface area contributed by atoms with Gasteiger partial charge >= 0.3 is 0 Å². The molecule has 21 heavy (non-hydrogen) atoms. The third kappa shape index (κ3) is 3.36. The molecule has 2 unspecified atom stereocenters. The van der Waals surface area contributed by atoms with E-state index in [4.69, 9.17) is 4.42 Å². The fraction of sp³-hybridized carbons (Fsp3) is 0.444. The minimum absolute atomic E-state index is 0.324. The van der Waals surface area contributed by atoms with Crippen molar-refractivity contribution in [3.63, 3.8) is 0 Å². The first-order valence-corrected chi connectivity index (χ1v) is 7.83. The van der Waals surface area contributed by atoms with Crippen molar-refractivity contribution in [2.45, 2.75) is 32.4 Å². The Bertz CT molecular complexity index is 564. The molecule has 3 nitrogen and oxygen atoms in total. The standard InChI is InChI=1S/C18H24N2O/c1-14-9-10-18(21-14)15(2)20-12-6-11-19-17(13-20)16-7-4-3-5-8-16/h3-5,7-10,15,17,19H,6,11-13H2,1-2H3. The van der Waals surface area contributed by atoms with E-state index in [1.165, 1.54) is 12.0 Å². The Hall–Kier alpha value is -1.58. The molecule has 1 aliphatic heterocycles. The van der Waals surface area contributed by atoms with Crippen LogP contribution in [0.3, 0.4) is 0 Å². The molecule has 1 saturated heterocycles. The van der Waals surface area contributed by atoms with Gasteiger partial charge in [-0.25, -0.2) is 0 Å². The number of rotatable bonds is 3. The molecule has 1 aromatic heterocycles. The van der Waals surface area contributed by atoms with E-state index in [0.29, 0.717) is 12.1 Å². The van der Waals surface area contributed by atoms with Crippen LogP contribution in [-0.4, -0.2) is 24.5 Å². The number of hydrogen-bond acceptors (Lipinski definition) is 3. The number of nitrogens with one attached hydrogen (secondary N) is 1. The van der Waals surface area contributed by atoms with Crippen LogP contribution in [0, 0.1) is 6.92 Å². The largest absolute Gasteiger partial charge is 0.465 e.